The first kappa shape index (κ1) is 16.1. The summed E-state index contributed by atoms with van der Waals surface area (Å²) in [7, 11) is -3.77. The van der Waals surface area contributed by atoms with Gasteiger partial charge in [-0.3, -0.25) is 4.79 Å². The molecule has 3 aromatic carbocycles. The molecule has 1 N–H and O–H groups in total. The number of sulfone groups is 1. The lowest BCUT2D eigenvalue weighted by Gasteiger charge is -2.07. The summed E-state index contributed by atoms with van der Waals surface area (Å²) in [5.41, 5.74) is 0.343. The molecule has 3 aromatic rings. The first-order chi connectivity index (χ1) is 11.4. The average Bonchev–Trinajstić information content (AvgIpc) is 2.56. The number of anilines is 1. The lowest BCUT2D eigenvalue weighted by Crippen LogP contribution is -2.23. The molecule has 0 radical (unpaired) electrons. The maximum Gasteiger partial charge on any atom is 0.239 e. The van der Waals surface area contributed by atoms with Crippen molar-refractivity contribution < 1.29 is 17.6 Å². The van der Waals surface area contributed by atoms with Crippen LogP contribution in [0.15, 0.2) is 71.6 Å². The van der Waals surface area contributed by atoms with E-state index in [1.165, 1.54) is 30.3 Å². The van der Waals surface area contributed by atoms with E-state index in [2.05, 4.69) is 5.32 Å². The zero-order valence-electron chi connectivity index (χ0n) is 12.6. The third kappa shape index (κ3) is 3.60. The Balaban J connectivity index is 1.79. The minimum atomic E-state index is -3.77. The van der Waals surface area contributed by atoms with E-state index in [0.29, 0.717) is 5.69 Å². The fourth-order valence-corrected chi connectivity index (χ4v) is 3.51. The third-order valence-electron chi connectivity index (χ3n) is 3.53. The molecule has 0 fully saturated rings. The second-order valence-electron chi connectivity index (χ2n) is 5.32. The lowest BCUT2D eigenvalue weighted by molar-refractivity contribution is -0.113. The zero-order chi connectivity index (χ0) is 17.2. The number of carbonyl (C=O) groups excluding carboxylic acids is 1. The van der Waals surface area contributed by atoms with Crippen molar-refractivity contribution in [1.82, 2.24) is 0 Å². The number of halogens is 1. The Kier molecular flexibility index (Phi) is 4.31. The number of hydrogen-bond acceptors (Lipinski definition) is 3. The standard InChI is InChI=1S/C18H14FNO3S/c19-15-6-8-16(9-7-15)20-18(21)12-24(22,23)17-10-5-13-3-1-2-4-14(13)11-17/h1-11H,12H2,(H,20,21). The Bertz CT molecular complexity index is 998. The molecule has 0 bridgehead atoms. The van der Waals surface area contributed by atoms with Gasteiger partial charge in [0.25, 0.3) is 0 Å². The SMILES string of the molecule is O=C(CS(=O)(=O)c1ccc2ccccc2c1)Nc1ccc(F)cc1. The number of carbonyl (C=O) groups is 1. The topological polar surface area (TPSA) is 63.2 Å². The smallest absolute Gasteiger partial charge is 0.239 e. The normalized spacial score (nSPS) is 11.4. The zero-order valence-corrected chi connectivity index (χ0v) is 13.4. The Hall–Kier alpha value is -2.73. The van der Waals surface area contributed by atoms with Gasteiger partial charge in [-0.15, -0.1) is 0 Å². The number of amides is 1. The van der Waals surface area contributed by atoms with E-state index in [-0.39, 0.29) is 4.90 Å². The summed E-state index contributed by atoms with van der Waals surface area (Å²) in [5, 5.41) is 4.16. The van der Waals surface area contributed by atoms with Gasteiger partial charge in [0.1, 0.15) is 11.6 Å². The van der Waals surface area contributed by atoms with E-state index < -0.39 is 27.3 Å². The van der Waals surface area contributed by atoms with E-state index in [0.717, 1.165) is 10.8 Å². The molecular weight excluding hydrogens is 329 g/mol. The number of benzene rings is 3. The summed E-state index contributed by atoms with van der Waals surface area (Å²) in [4.78, 5) is 12.1. The fraction of sp³-hybridized carbons (Fsp3) is 0.0556. The van der Waals surface area contributed by atoms with Gasteiger partial charge in [0.2, 0.25) is 5.91 Å². The number of rotatable bonds is 4. The van der Waals surface area contributed by atoms with Crippen LogP contribution in [0.25, 0.3) is 10.8 Å². The van der Waals surface area contributed by atoms with Crippen LogP contribution in [0.1, 0.15) is 0 Å². The van der Waals surface area contributed by atoms with Gasteiger partial charge in [-0.1, -0.05) is 30.3 Å². The molecule has 4 nitrogen and oxygen atoms in total. The van der Waals surface area contributed by atoms with Gasteiger partial charge < -0.3 is 5.32 Å². The van der Waals surface area contributed by atoms with E-state index in [9.17, 15) is 17.6 Å². The highest BCUT2D eigenvalue weighted by molar-refractivity contribution is 7.92. The Morgan fingerprint density at radius 3 is 2.29 bits per heavy atom. The van der Waals surface area contributed by atoms with Crippen LogP contribution in [0.5, 0.6) is 0 Å². The molecule has 1 amide bonds. The van der Waals surface area contributed by atoms with Crippen molar-refractivity contribution in [3.05, 3.63) is 72.5 Å². The minimum absolute atomic E-state index is 0.0930. The number of fused-ring (bicyclic) bond motifs is 1. The molecule has 24 heavy (non-hydrogen) atoms. The molecule has 0 atom stereocenters. The van der Waals surface area contributed by atoms with E-state index in [1.54, 1.807) is 12.1 Å². The van der Waals surface area contributed by atoms with Crippen LogP contribution in [0.3, 0.4) is 0 Å². The molecule has 0 saturated carbocycles. The van der Waals surface area contributed by atoms with Crippen LogP contribution in [0.4, 0.5) is 10.1 Å². The summed E-state index contributed by atoms with van der Waals surface area (Å²) in [6, 6.07) is 17.2. The first-order valence-corrected chi connectivity index (χ1v) is 8.86. The second-order valence-corrected chi connectivity index (χ2v) is 7.31. The van der Waals surface area contributed by atoms with Crippen molar-refractivity contribution in [2.24, 2.45) is 0 Å². The van der Waals surface area contributed by atoms with Crippen LogP contribution in [-0.2, 0) is 14.6 Å². The van der Waals surface area contributed by atoms with Gasteiger partial charge in [-0.25, -0.2) is 12.8 Å². The van der Waals surface area contributed by atoms with Crippen molar-refractivity contribution in [3.63, 3.8) is 0 Å². The van der Waals surface area contributed by atoms with Crippen LogP contribution in [0, 0.1) is 5.82 Å². The maximum atomic E-state index is 12.8. The van der Waals surface area contributed by atoms with Crippen LogP contribution >= 0.6 is 0 Å². The van der Waals surface area contributed by atoms with Crippen LogP contribution in [-0.4, -0.2) is 20.1 Å². The first-order valence-electron chi connectivity index (χ1n) is 7.21. The maximum absolute atomic E-state index is 12.8. The molecule has 0 aliphatic carbocycles. The average molecular weight is 343 g/mol. The third-order valence-corrected chi connectivity index (χ3v) is 5.14. The minimum Gasteiger partial charge on any atom is -0.325 e. The monoisotopic (exact) mass is 343 g/mol. The van der Waals surface area contributed by atoms with Crippen molar-refractivity contribution >= 4 is 32.2 Å². The Morgan fingerprint density at radius 2 is 1.58 bits per heavy atom. The molecule has 0 aliphatic heterocycles. The summed E-state index contributed by atoms with van der Waals surface area (Å²) in [6.45, 7) is 0. The highest BCUT2D eigenvalue weighted by atomic mass is 32.2. The van der Waals surface area contributed by atoms with Gasteiger partial charge in [0.05, 0.1) is 4.90 Å². The largest absolute Gasteiger partial charge is 0.325 e. The van der Waals surface area contributed by atoms with Crippen LogP contribution in [0.2, 0.25) is 0 Å². The van der Waals surface area contributed by atoms with E-state index in [1.807, 2.05) is 24.3 Å². The van der Waals surface area contributed by atoms with Gasteiger partial charge in [0, 0.05) is 5.69 Å². The van der Waals surface area contributed by atoms with Gasteiger partial charge >= 0.3 is 0 Å². The summed E-state index contributed by atoms with van der Waals surface area (Å²) >= 11 is 0. The molecule has 122 valence electrons. The molecule has 0 saturated heterocycles. The summed E-state index contributed by atoms with van der Waals surface area (Å²) in [6.07, 6.45) is 0. The molecule has 0 heterocycles. The molecule has 0 spiro atoms. The predicted molar refractivity (Wildman–Crippen MR) is 91.0 cm³/mol. The highest BCUT2D eigenvalue weighted by Crippen LogP contribution is 2.20. The second kappa shape index (κ2) is 6.41. The van der Waals surface area contributed by atoms with E-state index >= 15 is 0 Å². The Labute approximate surface area is 138 Å². The van der Waals surface area contributed by atoms with Crippen molar-refractivity contribution in [2.75, 3.05) is 11.1 Å². The van der Waals surface area contributed by atoms with Crippen molar-refractivity contribution in [2.45, 2.75) is 4.90 Å². The quantitative estimate of drug-likeness (QED) is 0.790. The lowest BCUT2D eigenvalue weighted by atomic mass is 10.1. The molecule has 0 aliphatic rings. The molecular formula is C18H14FNO3S. The molecule has 0 unspecified atom stereocenters. The predicted octanol–water partition coefficient (Wildman–Crippen LogP) is 3.39. The summed E-state index contributed by atoms with van der Waals surface area (Å²) in [5.74, 6) is -1.78. The fourth-order valence-electron chi connectivity index (χ4n) is 2.35. The molecule has 6 heteroatoms. The molecule has 3 rings (SSSR count). The Morgan fingerprint density at radius 1 is 0.917 bits per heavy atom. The summed E-state index contributed by atoms with van der Waals surface area (Å²) < 4.78 is 37.7. The van der Waals surface area contributed by atoms with Gasteiger partial charge in [0.15, 0.2) is 9.84 Å². The van der Waals surface area contributed by atoms with E-state index in [4.69, 9.17) is 0 Å². The number of hydrogen-bond donors (Lipinski definition) is 1. The van der Waals surface area contributed by atoms with Crippen molar-refractivity contribution in [1.29, 1.82) is 0 Å². The van der Waals surface area contributed by atoms with Gasteiger partial charge in [-0.2, -0.15) is 0 Å². The van der Waals surface area contributed by atoms with Crippen molar-refractivity contribution in [3.8, 4) is 0 Å². The van der Waals surface area contributed by atoms with Gasteiger partial charge in [-0.05, 0) is 47.2 Å². The number of nitrogens with one attached hydrogen (secondary N) is 1. The molecule has 0 aromatic heterocycles. The highest BCUT2D eigenvalue weighted by Gasteiger charge is 2.19. The van der Waals surface area contributed by atoms with Crippen LogP contribution < -0.4 is 5.32 Å².